The number of anilines is 1. The van der Waals surface area contributed by atoms with Crippen molar-refractivity contribution in [1.82, 2.24) is 0 Å². The summed E-state index contributed by atoms with van der Waals surface area (Å²) in [5, 5.41) is 22.5. The highest BCUT2D eigenvalue weighted by Crippen LogP contribution is 2.38. The number of carbonyl (C=O) groups excluding carboxylic acids is 2. The molecule has 0 bridgehead atoms. The van der Waals surface area contributed by atoms with Gasteiger partial charge in [-0.15, -0.1) is 0 Å². The Bertz CT molecular complexity index is 1380. The number of carboxylic acids is 1. The number of hydrogen-bond donors (Lipinski definition) is 0. The van der Waals surface area contributed by atoms with E-state index < -0.39 is 16.8 Å². The zero-order chi connectivity index (χ0) is 25.7. The molecular formula is C25H17N2O7S2-. The van der Waals surface area contributed by atoms with Crippen LogP contribution in [0.4, 0.5) is 11.4 Å². The van der Waals surface area contributed by atoms with Crippen molar-refractivity contribution in [3.63, 3.8) is 0 Å². The first-order valence-corrected chi connectivity index (χ1v) is 11.7. The second kappa shape index (κ2) is 11.0. The van der Waals surface area contributed by atoms with Gasteiger partial charge >= 0.3 is 0 Å². The normalized spacial score (nSPS) is 14.2. The molecule has 0 saturated carbocycles. The van der Waals surface area contributed by atoms with Gasteiger partial charge in [0.15, 0.2) is 4.32 Å². The molecule has 0 unspecified atom stereocenters. The molecule has 1 heterocycles. The number of thiocarbonyl (C=S) groups is 1. The number of carbonyl (C=O) groups is 2. The minimum atomic E-state index is -1.38. The summed E-state index contributed by atoms with van der Waals surface area (Å²) in [6.07, 6.45) is 1.46. The van der Waals surface area contributed by atoms with Gasteiger partial charge in [-0.25, -0.2) is 0 Å². The Morgan fingerprint density at radius 3 is 2.50 bits per heavy atom. The van der Waals surface area contributed by atoms with Crippen molar-refractivity contribution in [3.8, 4) is 11.5 Å². The highest BCUT2D eigenvalue weighted by atomic mass is 32.2. The van der Waals surface area contributed by atoms with Crippen LogP contribution in [0, 0.1) is 10.1 Å². The zero-order valence-electron chi connectivity index (χ0n) is 18.5. The van der Waals surface area contributed by atoms with Crippen molar-refractivity contribution in [2.75, 3.05) is 18.1 Å². The molecule has 4 rings (SSSR count). The highest BCUT2D eigenvalue weighted by Gasteiger charge is 2.33. The average Bonchev–Trinajstić information content (AvgIpc) is 3.15. The number of nitro groups is 1. The monoisotopic (exact) mass is 521 g/mol. The molecule has 9 nitrogen and oxygen atoms in total. The zero-order valence-corrected chi connectivity index (χ0v) is 20.1. The summed E-state index contributed by atoms with van der Waals surface area (Å²) in [5.74, 6) is -0.879. The van der Waals surface area contributed by atoms with Crippen molar-refractivity contribution in [1.29, 1.82) is 0 Å². The van der Waals surface area contributed by atoms with E-state index in [4.69, 9.17) is 21.7 Å². The Morgan fingerprint density at radius 1 is 1.03 bits per heavy atom. The Kier molecular flexibility index (Phi) is 7.62. The van der Waals surface area contributed by atoms with E-state index in [2.05, 4.69) is 0 Å². The fourth-order valence-electron chi connectivity index (χ4n) is 3.33. The van der Waals surface area contributed by atoms with Gasteiger partial charge in [0, 0.05) is 17.7 Å². The second-order valence-corrected chi connectivity index (χ2v) is 9.02. The van der Waals surface area contributed by atoms with Crippen LogP contribution in [0.25, 0.3) is 6.08 Å². The average molecular weight is 522 g/mol. The lowest BCUT2D eigenvalue weighted by molar-refractivity contribution is -0.384. The highest BCUT2D eigenvalue weighted by molar-refractivity contribution is 8.27. The smallest absolute Gasteiger partial charge is 0.270 e. The summed E-state index contributed by atoms with van der Waals surface area (Å²) in [7, 11) is 0. The summed E-state index contributed by atoms with van der Waals surface area (Å²) in [6, 6.07) is 18.9. The van der Waals surface area contributed by atoms with E-state index in [0.29, 0.717) is 17.1 Å². The molecule has 0 radical (unpaired) electrons. The summed E-state index contributed by atoms with van der Waals surface area (Å²) >= 11 is 6.33. The molecule has 36 heavy (non-hydrogen) atoms. The maximum Gasteiger partial charge on any atom is 0.270 e. The first-order chi connectivity index (χ1) is 17.3. The van der Waals surface area contributed by atoms with Gasteiger partial charge in [0.1, 0.15) is 24.7 Å². The maximum atomic E-state index is 13.1. The molecule has 0 N–H and O–H groups in total. The van der Waals surface area contributed by atoms with E-state index >= 15 is 0 Å². The van der Waals surface area contributed by atoms with Crippen LogP contribution >= 0.6 is 24.0 Å². The SMILES string of the molecule is O=C([O-])c1cccc(N2C(=O)/C(=C/c3cc([N+](=O)[O-])ccc3OCCOc3ccccc3)SC2=S)c1. The fourth-order valence-corrected chi connectivity index (χ4v) is 4.61. The van der Waals surface area contributed by atoms with Crippen molar-refractivity contribution in [2.24, 2.45) is 0 Å². The molecule has 3 aromatic rings. The van der Waals surface area contributed by atoms with Crippen molar-refractivity contribution in [2.45, 2.75) is 0 Å². The van der Waals surface area contributed by atoms with Gasteiger partial charge in [-0.1, -0.05) is 54.3 Å². The number of nitrogens with zero attached hydrogens (tertiary/aromatic N) is 2. The maximum absolute atomic E-state index is 13.1. The molecule has 1 fully saturated rings. The first kappa shape index (κ1) is 24.9. The molecule has 0 spiro atoms. The minimum absolute atomic E-state index is 0.0994. The fraction of sp³-hybridized carbons (Fsp3) is 0.0800. The molecule has 1 saturated heterocycles. The Hall–Kier alpha value is -4.22. The van der Waals surface area contributed by atoms with Gasteiger partial charge in [0.05, 0.1) is 21.5 Å². The van der Waals surface area contributed by atoms with Crippen LogP contribution in [0.1, 0.15) is 15.9 Å². The molecule has 0 atom stereocenters. The van der Waals surface area contributed by atoms with E-state index in [0.717, 1.165) is 11.8 Å². The van der Waals surface area contributed by atoms with E-state index in [1.165, 1.54) is 47.4 Å². The summed E-state index contributed by atoms with van der Waals surface area (Å²) in [5.41, 5.74) is 0.313. The Balaban J connectivity index is 1.57. The van der Waals surface area contributed by atoms with Crippen molar-refractivity contribution < 1.29 is 29.1 Å². The van der Waals surface area contributed by atoms with Crippen LogP contribution in [0.5, 0.6) is 11.5 Å². The predicted octanol–water partition coefficient (Wildman–Crippen LogP) is 3.82. The van der Waals surface area contributed by atoms with Gasteiger partial charge in [-0.05, 0) is 42.0 Å². The molecule has 0 aliphatic carbocycles. The van der Waals surface area contributed by atoms with E-state index in [1.54, 1.807) is 6.07 Å². The van der Waals surface area contributed by atoms with E-state index in [-0.39, 0.29) is 39.4 Å². The number of benzene rings is 3. The Morgan fingerprint density at radius 2 is 1.78 bits per heavy atom. The molecule has 11 heteroatoms. The molecule has 1 aliphatic rings. The number of aromatic carboxylic acids is 1. The van der Waals surface area contributed by atoms with Crippen LogP contribution in [0.2, 0.25) is 0 Å². The van der Waals surface area contributed by atoms with Crippen LogP contribution < -0.4 is 19.5 Å². The van der Waals surface area contributed by atoms with Crippen molar-refractivity contribution in [3.05, 3.63) is 98.9 Å². The van der Waals surface area contributed by atoms with Gasteiger partial charge in [-0.2, -0.15) is 0 Å². The largest absolute Gasteiger partial charge is 0.545 e. The number of non-ortho nitro benzene ring substituents is 1. The standard InChI is InChI=1S/C25H18N2O7S2/c28-23-22(36-25(35)26(23)18-6-4-5-16(13-18)24(29)30)15-17-14-19(27(31)32)9-10-21(17)34-12-11-33-20-7-2-1-3-8-20/h1-10,13-15H,11-12H2,(H,29,30)/p-1/b22-15-. The minimum Gasteiger partial charge on any atom is -0.545 e. The van der Waals surface area contributed by atoms with Gasteiger partial charge in [0.25, 0.3) is 11.6 Å². The van der Waals surface area contributed by atoms with Crippen LogP contribution in [0.3, 0.4) is 0 Å². The molecule has 1 amide bonds. The van der Waals surface area contributed by atoms with Gasteiger partial charge in [-0.3, -0.25) is 19.8 Å². The lowest BCUT2D eigenvalue weighted by Gasteiger charge is -2.16. The summed E-state index contributed by atoms with van der Waals surface area (Å²) in [6.45, 7) is 0.391. The third-order valence-corrected chi connectivity index (χ3v) is 6.28. The number of carboxylic acid groups (broad SMARTS) is 1. The number of ether oxygens (including phenoxy) is 2. The molecule has 1 aliphatic heterocycles. The number of para-hydroxylation sites is 1. The van der Waals surface area contributed by atoms with E-state index in [9.17, 15) is 24.8 Å². The lowest BCUT2D eigenvalue weighted by atomic mass is 10.1. The van der Waals surface area contributed by atoms with Crippen LogP contribution in [0.15, 0.2) is 77.7 Å². The topological polar surface area (TPSA) is 122 Å². The molecule has 182 valence electrons. The number of amides is 1. The summed E-state index contributed by atoms with van der Waals surface area (Å²) in [4.78, 5) is 36.5. The van der Waals surface area contributed by atoms with Gasteiger partial charge < -0.3 is 19.4 Å². The van der Waals surface area contributed by atoms with Gasteiger partial charge in [0.2, 0.25) is 0 Å². The van der Waals surface area contributed by atoms with Crippen LogP contribution in [-0.2, 0) is 4.79 Å². The number of rotatable bonds is 9. The number of hydrogen-bond acceptors (Lipinski definition) is 9. The third kappa shape index (κ3) is 5.70. The summed E-state index contributed by atoms with van der Waals surface area (Å²) < 4.78 is 11.6. The second-order valence-electron chi connectivity index (χ2n) is 7.34. The lowest BCUT2D eigenvalue weighted by Crippen LogP contribution is -2.28. The molecule has 0 aromatic heterocycles. The van der Waals surface area contributed by atoms with E-state index in [1.807, 2.05) is 30.3 Å². The third-order valence-electron chi connectivity index (χ3n) is 4.98. The molecular weight excluding hydrogens is 504 g/mol. The first-order valence-electron chi connectivity index (χ1n) is 10.5. The quantitative estimate of drug-likeness (QED) is 0.136. The molecule has 3 aromatic carbocycles. The van der Waals surface area contributed by atoms with Crippen molar-refractivity contribution >= 4 is 57.6 Å². The number of nitro benzene ring substituents is 1. The van der Waals surface area contributed by atoms with Crippen LogP contribution in [-0.4, -0.2) is 34.3 Å². The predicted molar refractivity (Wildman–Crippen MR) is 137 cm³/mol. The number of thioether (sulfide) groups is 1. The Labute approximate surface area is 215 Å².